The van der Waals surface area contributed by atoms with Crippen molar-refractivity contribution in [1.82, 2.24) is 4.81 Å². The van der Waals surface area contributed by atoms with E-state index in [1.807, 2.05) is 0 Å². The minimum absolute atomic E-state index is 0.796. The molecule has 0 heterocycles. The molecule has 2 N–H and O–H groups in total. The second kappa shape index (κ2) is 3.07. The van der Waals surface area contributed by atoms with Crippen molar-refractivity contribution in [1.29, 1.82) is 0 Å². The van der Waals surface area contributed by atoms with Crippen LogP contribution >= 0.6 is 0 Å². The van der Waals surface area contributed by atoms with Crippen LogP contribution in [0.4, 0.5) is 0 Å². The first kappa shape index (κ1) is 7.94. The van der Waals surface area contributed by atoms with E-state index in [2.05, 4.69) is 0 Å². The summed E-state index contributed by atoms with van der Waals surface area (Å²) in [6.45, 7) is 2.96. The summed E-state index contributed by atoms with van der Waals surface area (Å²) in [5.74, 6) is 0. The molecule has 8 heavy (non-hydrogen) atoms. The van der Waals surface area contributed by atoms with Crippen molar-refractivity contribution in [3.05, 3.63) is 0 Å². The maximum absolute atomic E-state index is 8.63. The molecule has 2 radical (unpaired) electrons. The third kappa shape index (κ3) is 2.30. The van der Waals surface area contributed by atoms with Gasteiger partial charge in [-0.2, -0.15) is 0 Å². The highest BCUT2D eigenvalue weighted by molar-refractivity contribution is 6.04. The molecule has 4 heteroatoms. The van der Waals surface area contributed by atoms with Crippen LogP contribution in [0, 0.1) is 0 Å². The predicted molar refractivity (Wildman–Crippen MR) is 31.0 cm³/mol. The second-order valence-corrected chi connectivity index (χ2v) is 1.71. The highest BCUT2D eigenvalue weighted by Crippen LogP contribution is 1.92. The van der Waals surface area contributed by atoms with Crippen molar-refractivity contribution in [3.63, 3.8) is 0 Å². The van der Waals surface area contributed by atoms with Crippen molar-refractivity contribution >= 4 is 7.98 Å². The smallest absolute Gasteiger partial charge is 0.189 e. The Kier molecular flexibility index (Phi) is 3.05. The Hall–Kier alpha value is -0.0551. The van der Waals surface area contributed by atoms with Crippen LogP contribution in [-0.2, 0) is 0 Å². The summed E-state index contributed by atoms with van der Waals surface area (Å²) in [7, 11) is 5.09. The molecule has 0 aromatic rings. The Labute approximate surface area is 50.4 Å². The summed E-state index contributed by atoms with van der Waals surface area (Å²) >= 11 is 0. The average molecular weight is 115 g/mol. The standard InChI is InChI=1S/C4H10BNO2/c1-3(7)6(5)4(2)8/h3-4,7-8H,1-2H3. The molecule has 0 fully saturated rings. The maximum Gasteiger partial charge on any atom is 0.189 e. The molecular weight excluding hydrogens is 105 g/mol. The zero-order chi connectivity index (χ0) is 6.73. The summed E-state index contributed by atoms with van der Waals surface area (Å²) in [5, 5.41) is 17.3. The first-order valence-corrected chi connectivity index (χ1v) is 2.45. The molecule has 0 aromatic carbocycles. The van der Waals surface area contributed by atoms with E-state index in [-0.39, 0.29) is 0 Å². The van der Waals surface area contributed by atoms with Crippen molar-refractivity contribution in [3.8, 4) is 0 Å². The number of nitrogens with zero attached hydrogens (tertiary/aromatic N) is 1. The van der Waals surface area contributed by atoms with Crippen LogP contribution in [0.15, 0.2) is 0 Å². The molecule has 0 saturated carbocycles. The summed E-state index contributed by atoms with van der Waals surface area (Å²) < 4.78 is 0. The lowest BCUT2D eigenvalue weighted by Gasteiger charge is -2.23. The lowest BCUT2D eigenvalue weighted by atomic mass is 10.3. The fourth-order valence-corrected chi connectivity index (χ4v) is 0.312. The largest absolute Gasteiger partial charge is 0.380 e. The van der Waals surface area contributed by atoms with Crippen molar-refractivity contribution in [2.24, 2.45) is 0 Å². The maximum atomic E-state index is 8.63. The number of aliphatic hydroxyl groups excluding tert-OH is 2. The van der Waals surface area contributed by atoms with Crippen LogP contribution < -0.4 is 0 Å². The lowest BCUT2D eigenvalue weighted by Crippen LogP contribution is -2.37. The number of hydrogen-bond donors (Lipinski definition) is 2. The van der Waals surface area contributed by atoms with Gasteiger partial charge in [0.25, 0.3) is 0 Å². The van der Waals surface area contributed by atoms with Gasteiger partial charge in [0.15, 0.2) is 7.98 Å². The monoisotopic (exact) mass is 115 g/mol. The van der Waals surface area contributed by atoms with Gasteiger partial charge in [0.2, 0.25) is 0 Å². The van der Waals surface area contributed by atoms with Gasteiger partial charge in [0, 0.05) is 0 Å². The SMILES string of the molecule is [B]N(C(C)O)C(C)O. The molecule has 0 rings (SSSR count). The summed E-state index contributed by atoms with van der Waals surface area (Å²) in [6.07, 6.45) is -1.59. The molecular formula is C4H10BNO2. The zero-order valence-electron chi connectivity index (χ0n) is 5.07. The topological polar surface area (TPSA) is 43.7 Å². The Morgan fingerprint density at radius 3 is 1.50 bits per heavy atom. The van der Waals surface area contributed by atoms with Gasteiger partial charge in [-0.25, -0.2) is 0 Å². The van der Waals surface area contributed by atoms with E-state index in [4.69, 9.17) is 18.2 Å². The van der Waals surface area contributed by atoms with Crippen molar-refractivity contribution in [2.45, 2.75) is 26.3 Å². The molecule has 0 aliphatic carbocycles. The molecule has 2 atom stereocenters. The molecule has 0 aliphatic heterocycles. The van der Waals surface area contributed by atoms with E-state index >= 15 is 0 Å². The van der Waals surface area contributed by atoms with Crippen LogP contribution in [0.2, 0.25) is 0 Å². The lowest BCUT2D eigenvalue weighted by molar-refractivity contribution is -0.0237. The van der Waals surface area contributed by atoms with Crippen molar-refractivity contribution < 1.29 is 10.2 Å². The molecule has 0 aromatic heterocycles. The second-order valence-electron chi connectivity index (χ2n) is 1.71. The normalized spacial score (nSPS) is 18.6. The van der Waals surface area contributed by atoms with Gasteiger partial charge >= 0.3 is 0 Å². The number of aliphatic hydroxyl groups is 2. The van der Waals surface area contributed by atoms with Gasteiger partial charge in [-0.15, -0.1) is 0 Å². The first-order valence-electron chi connectivity index (χ1n) is 2.45. The van der Waals surface area contributed by atoms with Crippen LogP contribution in [0.1, 0.15) is 13.8 Å². The van der Waals surface area contributed by atoms with E-state index in [1.165, 1.54) is 13.8 Å². The molecule has 2 unspecified atom stereocenters. The minimum atomic E-state index is -0.796. The summed E-state index contributed by atoms with van der Waals surface area (Å²) in [6, 6.07) is 0. The van der Waals surface area contributed by atoms with Gasteiger partial charge < -0.3 is 15.0 Å². The van der Waals surface area contributed by atoms with Crippen LogP contribution in [0.5, 0.6) is 0 Å². The van der Waals surface area contributed by atoms with Crippen LogP contribution in [0.3, 0.4) is 0 Å². The highest BCUT2D eigenvalue weighted by Gasteiger charge is 2.07. The zero-order valence-corrected chi connectivity index (χ0v) is 5.07. The van der Waals surface area contributed by atoms with E-state index in [0.29, 0.717) is 0 Å². The van der Waals surface area contributed by atoms with Gasteiger partial charge in [0.1, 0.15) is 0 Å². The fourth-order valence-electron chi connectivity index (χ4n) is 0.312. The highest BCUT2D eigenvalue weighted by atomic mass is 16.3. The molecule has 0 amide bonds. The quantitative estimate of drug-likeness (QED) is 0.360. The summed E-state index contributed by atoms with van der Waals surface area (Å²) in [4.78, 5) is 0.944. The number of hydrogen-bond acceptors (Lipinski definition) is 3. The Morgan fingerprint density at radius 1 is 1.25 bits per heavy atom. The molecule has 0 bridgehead atoms. The van der Waals surface area contributed by atoms with E-state index in [1.54, 1.807) is 0 Å². The molecule has 3 nitrogen and oxygen atoms in total. The van der Waals surface area contributed by atoms with Gasteiger partial charge in [-0.05, 0) is 13.8 Å². The van der Waals surface area contributed by atoms with Gasteiger partial charge in [-0.3, -0.25) is 0 Å². The predicted octanol–water partition coefficient (Wildman–Crippen LogP) is -0.952. The van der Waals surface area contributed by atoms with Gasteiger partial charge in [-0.1, -0.05) is 0 Å². The third-order valence-corrected chi connectivity index (χ3v) is 0.863. The number of rotatable bonds is 2. The molecule has 0 saturated heterocycles. The third-order valence-electron chi connectivity index (χ3n) is 0.863. The Balaban J connectivity index is 3.46. The van der Waals surface area contributed by atoms with E-state index in [9.17, 15) is 0 Å². The molecule has 0 aliphatic rings. The Bertz CT molecular complexity index is 59.1. The summed E-state index contributed by atoms with van der Waals surface area (Å²) in [5.41, 5.74) is 0. The van der Waals surface area contributed by atoms with Gasteiger partial charge in [0.05, 0.1) is 12.5 Å². The molecule has 46 valence electrons. The Morgan fingerprint density at radius 2 is 1.50 bits per heavy atom. The average Bonchev–Trinajstić information content (AvgIpc) is 1.64. The first-order chi connectivity index (χ1) is 3.55. The van der Waals surface area contributed by atoms with Crippen LogP contribution in [0.25, 0.3) is 0 Å². The minimum Gasteiger partial charge on any atom is -0.380 e. The van der Waals surface area contributed by atoms with Crippen LogP contribution in [-0.4, -0.2) is 35.5 Å². The van der Waals surface area contributed by atoms with E-state index < -0.39 is 12.5 Å². The van der Waals surface area contributed by atoms with E-state index in [0.717, 1.165) is 4.81 Å². The molecule has 0 spiro atoms. The fraction of sp³-hybridized carbons (Fsp3) is 1.00. The van der Waals surface area contributed by atoms with Crippen molar-refractivity contribution in [2.75, 3.05) is 0 Å².